The molecule has 1 aromatic carbocycles. The number of benzene rings is 1. The van der Waals surface area contributed by atoms with Crippen molar-refractivity contribution in [1.82, 2.24) is 15.0 Å². The highest BCUT2D eigenvalue weighted by molar-refractivity contribution is 7.99. The second kappa shape index (κ2) is 11.1. The number of nitrogens with one attached hydrogen (secondary N) is 2. The van der Waals surface area contributed by atoms with Crippen LogP contribution in [0.1, 0.15) is 42.3 Å². The number of hydrogen-bond donors (Lipinski definition) is 2. The van der Waals surface area contributed by atoms with Crippen molar-refractivity contribution in [2.24, 2.45) is 5.92 Å². The minimum atomic E-state index is -3.86. The molecule has 0 bridgehead atoms. The summed E-state index contributed by atoms with van der Waals surface area (Å²) in [5.41, 5.74) is 3.88. The fraction of sp³-hybridized carbons (Fsp3) is 0.320. The molecule has 1 unspecified atom stereocenters. The fourth-order valence-corrected chi connectivity index (χ4v) is 5.74. The van der Waals surface area contributed by atoms with E-state index in [2.05, 4.69) is 33.0 Å². The second-order valence-corrected chi connectivity index (χ2v) is 11.5. The quantitative estimate of drug-likeness (QED) is 0.422. The molecule has 3 aromatic rings. The number of nitriles is 1. The van der Waals surface area contributed by atoms with Crippen molar-refractivity contribution in [3.05, 3.63) is 65.1 Å². The Bertz CT molecular complexity index is 1420. The van der Waals surface area contributed by atoms with Crippen LogP contribution >= 0.6 is 11.8 Å². The third-order valence-electron chi connectivity index (χ3n) is 5.76. The number of carbonyl (C=O) groups is 1. The first-order valence-corrected chi connectivity index (χ1v) is 14.0. The number of pyridine rings is 1. The molecule has 0 aliphatic heterocycles. The molecule has 1 atom stereocenters. The SMILES string of the molecule is Cc1ccnc(NS(=O)(=O)c2ccc(NC(=O)CCSc3nc4c(cc3C#N)CC(C)CC4)cc2)n1. The maximum atomic E-state index is 12.6. The highest BCUT2D eigenvalue weighted by Crippen LogP contribution is 2.29. The first-order chi connectivity index (χ1) is 17.2. The van der Waals surface area contributed by atoms with Gasteiger partial charge in [-0.2, -0.15) is 5.26 Å². The fourth-order valence-electron chi connectivity index (χ4n) is 3.88. The van der Waals surface area contributed by atoms with Crippen LogP contribution in [-0.4, -0.2) is 35.0 Å². The molecule has 9 nitrogen and oxygen atoms in total. The monoisotopic (exact) mass is 522 g/mol. The molecule has 0 saturated carbocycles. The summed E-state index contributed by atoms with van der Waals surface area (Å²) in [5.74, 6) is 0.845. The molecular formula is C25H26N6O3S2. The molecule has 1 amide bonds. The van der Waals surface area contributed by atoms with Gasteiger partial charge in [0.1, 0.15) is 11.1 Å². The van der Waals surface area contributed by atoms with Crippen LogP contribution in [0, 0.1) is 24.2 Å². The van der Waals surface area contributed by atoms with Gasteiger partial charge in [-0.3, -0.25) is 4.79 Å². The van der Waals surface area contributed by atoms with Crippen molar-refractivity contribution >= 4 is 39.3 Å². The number of thioether (sulfide) groups is 1. The lowest BCUT2D eigenvalue weighted by molar-refractivity contribution is -0.115. The average molecular weight is 523 g/mol. The molecule has 4 rings (SSSR count). The molecule has 11 heteroatoms. The molecular weight excluding hydrogens is 496 g/mol. The maximum Gasteiger partial charge on any atom is 0.264 e. The number of hydrogen-bond acceptors (Lipinski definition) is 8. The number of amides is 1. The van der Waals surface area contributed by atoms with Crippen molar-refractivity contribution in [2.45, 2.75) is 49.5 Å². The lowest BCUT2D eigenvalue weighted by Gasteiger charge is -2.21. The van der Waals surface area contributed by atoms with Gasteiger partial charge in [0, 0.05) is 35.4 Å². The summed E-state index contributed by atoms with van der Waals surface area (Å²) in [7, 11) is -3.86. The maximum absolute atomic E-state index is 12.6. The van der Waals surface area contributed by atoms with E-state index in [-0.39, 0.29) is 23.2 Å². The molecule has 0 spiro atoms. The van der Waals surface area contributed by atoms with Gasteiger partial charge in [-0.15, -0.1) is 11.8 Å². The van der Waals surface area contributed by atoms with Gasteiger partial charge < -0.3 is 5.32 Å². The van der Waals surface area contributed by atoms with E-state index in [0.717, 1.165) is 30.5 Å². The van der Waals surface area contributed by atoms with Crippen molar-refractivity contribution in [2.75, 3.05) is 15.8 Å². The summed E-state index contributed by atoms with van der Waals surface area (Å²) in [6, 6.07) is 11.7. The Kier molecular flexibility index (Phi) is 7.86. The number of anilines is 2. The van der Waals surface area contributed by atoms with Crippen LogP contribution < -0.4 is 10.0 Å². The van der Waals surface area contributed by atoms with Crippen LogP contribution in [0.3, 0.4) is 0 Å². The largest absolute Gasteiger partial charge is 0.326 e. The van der Waals surface area contributed by atoms with E-state index >= 15 is 0 Å². The van der Waals surface area contributed by atoms with Gasteiger partial charge >= 0.3 is 0 Å². The highest BCUT2D eigenvalue weighted by Gasteiger charge is 2.20. The molecule has 2 heterocycles. The molecule has 1 aliphatic carbocycles. The Balaban J connectivity index is 1.32. The van der Waals surface area contributed by atoms with E-state index < -0.39 is 10.0 Å². The zero-order valence-electron chi connectivity index (χ0n) is 20.0. The number of aryl methyl sites for hydroxylation is 2. The molecule has 1 aliphatic rings. The molecule has 2 aromatic heterocycles. The standard InChI is InChI=1S/C25H26N6O3S2/c1-16-3-8-22-18(13-16)14-19(15-26)24(30-22)35-12-10-23(32)29-20-4-6-21(7-5-20)36(33,34)31-25-27-11-9-17(2)28-25/h4-7,9,11,14,16H,3,8,10,12-13H2,1-2H3,(H,29,32)(H,27,28,31). The third-order valence-corrected chi connectivity index (χ3v) is 8.09. The summed E-state index contributed by atoms with van der Waals surface area (Å²) >= 11 is 1.40. The summed E-state index contributed by atoms with van der Waals surface area (Å²) < 4.78 is 27.5. The number of rotatable bonds is 8. The molecule has 0 fully saturated rings. The van der Waals surface area contributed by atoms with E-state index in [9.17, 15) is 18.5 Å². The minimum Gasteiger partial charge on any atom is -0.326 e. The lowest BCUT2D eigenvalue weighted by atomic mass is 9.87. The van der Waals surface area contributed by atoms with Crippen LogP contribution in [-0.2, 0) is 27.7 Å². The van der Waals surface area contributed by atoms with Crippen molar-refractivity contribution in [3.63, 3.8) is 0 Å². The van der Waals surface area contributed by atoms with Crippen molar-refractivity contribution in [1.29, 1.82) is 5.26 Å². The normalized spacial score (nSPS) is 15.0. The van der Waals surface area contributed by atoms with Crippen LogP contribution in [0.5, 0.6) is 0 Å². The number of carbonyl (C=O) groups excluding carboxylic acids is 1. The minimum absolute atomic E-state index is 0.00703. The predicted molar refractivity (Wildman–Crippen MR) is 138 cm³/mol. The third kappa shape index (κ3) is 6.38. The summed E-state index contributed by atoms with van der Waals surface area (Å²) in [6.07, 6.45) is 4.64. The topological polar surface area (TPSA) is 138 Å². The van der Waals surface area contributed by atoms with E-state index in [1.165, 1.54) is 42.2 Å². The number of fused-ring (bicyclic) bond motifs is 1. The van der Waals surface area contributed by atoms with E-state index in [0.29, 0.717) is 33.6 Å². The zero-order chi connectivity index (χ0) is 25.7. The van der Waals surface area contributed by atoms with Gasteiger partial charge in [0.2, 0.25) is 11.9 Å². The van der Waals surface area contributed by atoms with Gasteiger partial charge in [-0.1, -0.05) is 6.92 Å². The van der Waals surface area contributed by atoms with Crippen LogP contribution in [0.25, 0.3) is 0 Å². The smallest absolute Gasteiger partial charge is 0.264 e. The highest BCUT2D eigenvalue weighted by atomic mass is 32.2. The molecule has 186 valence electrons. The molecule has 36 heavy (non-hydrogen) atoms. The summed E-state index contributed by atoms with van der Waals surface area (Å²) in [6.45, 7) is 3.95. The zero-order valence-corrected chi connectivity index (χ0v) is 21.6. The van der Waals surface area contributed by atoms with E-state index in [1.54, 1.807) is 13.0 Å². The van der Waals surface area contributed by atoms with E-state index in [1.807, 2.05) is 6.07 Å². The van der Waals surface area contributed by atoms with Gasteiger partial charge in [0.05, 0.1) is 10.5 Å². The van der Waals surface area contributed by atoms with Gasteiger partial charge in [-0.05, 0) is 74.1 Å². The second-order valence-electron chi connectivity index (χ2n) is 8.70. The van der Waals surface area contributed by atoms with Crippen LogP contribution in [0.4, 0.5) is 11.6 Å². The van der Waals surface area contributed by atoms with Gasteiger partial charge in [-0.25, -0.2) is 28.1 Å². The van der Waals surface area contributed by atoms with Gasteiger partial charge in [0.25, 0.3) is 10.0 Å². The predicted octanol–water partition coefficient (Wildman–Crippen LogP) is 4.10. The molecule has 0 saturated heterocycles. The van der Waals surface area contributed by atoms with Crippen molar-refractivity contribution in [3.8, 4) is 6.07 Å². The number of sulfonamides is 1. The molecule has 2 N–H and O–H groups in total. The first kappa shape index (κ1) is 25.6. The van der Waals surface area contributed by atoms with Crippen molar-refractivity contribution < 1.29 is 13.2 Å². The first-order valence-electron chi connectivity index (χ1n) is 11.5. The van der Waals surface area contributed by atoms with Gasteiger partial charge in [0.15, 0.2) is 0 Å². The Morgan fingerprint density at radius 1 is 1.22 bits per heavy atom. The number of aromatic nitrogens is 3. The average Bonchev–Trinajstić information content (AvgIpc) is 2.83. The lowest BCUT2D eigenvalue weighted by Crippen LogP contribution is -2.16. The Labute approximate surface area is 214 Å². The van der Waals surface area contributed by atoms with Crippen LogP contribution in [0.2, 0.25) is 0 Å². The Hall–Kier alpha value is -3.49. The van der Waals surface area contributed by atoms with E-state index in [4.69, 9.17) is 4.98 Å². The Morgan fingerprint density at radius 3 is 2.72 bits per heavy atom. The van der Waals surface area contributed by atoms with Crippen LogP contribution in [0.15, 0.2) is 52.5 Å². The summed E-state index contributed by atoms with van der Waals surface area (Å²) in [4.78, 5) is 25.1. The molecule has 0 radical (unpaired) electrons. The Morgan fingerprint density at radius 2 is 2.00 bits per heavy atom. The summed E-state index contributed by atoms with van der Waals surface area (Å²) in [5, 5.41) is 13.0. The number of nitrogens with zero attached hydrogens (tertiary/aromatic N) is 4.